The highest BCUT2D eigenvalue weighted by molar-refractivity contribution is 5.56. The van der Waals surface area contributed by atoms with Crippen LogP contribution < -0.4 is 4.74 Å². The Morgan fingerprint density at radius 1 is 1.44 bits per heavy atom. The molecule has 0 aliphatic rings. The molecule has 0 aliphatic carbocycles. The molecule has 0 heterocycles. The molecule has 4 heteroatoms. The zero-order valence-electron chi connectivity index (χ0n) is 10.5. The Bertz CT molecular complexity index is 456. The lowest BCUT2D eigenvalue weighted by Gasteiger charge is -2.04. The van der Waals surface area contributed by atoms with Gasteiger partial charge in [0.15, 0.2) is 0 Å². The normalized spacial score (nSPS) is 11.0. The zero-order valence-corrected chi connectivity index (χ0v) is 10.5. The van der Waals surface area contributed by atoms with Crippen molar-refractivity contribution in [2.75, 3.05) is 13.7 Å². The summed E-state index contributed by atoms with van der Waals surface area (Å²) in [6.45, 7) is 2.09. The van der Waals surface area contributed by atoms with Crippen molar-refractivity contribution in [3.63, 3.8) is 0 Å². The summed E-state index contributed by atoms with van der Waals surface area (Å²) >= 11 is 0. The number of methoxy groups -OCH3 is 1. The molecule has 0 fully saturated rings. The van der Waals surface area contributed by atoms with E-state index in [1.54, 1.807) is 7.11 Å². The van der Waals surface area contributed by atoms with Crippen molar-refractivity contribution >= 4 is 6.16 Å². The summed E-state index contributed by atoms with van der Waals surface area (Å²) in [5, 5.41) is 8.33. The van der Waals surface area contributed by atoms with Crippen LogP contribution in [0.3, 0.4) is 0 Å². The van der Waals surface area contributed by atoms with E-state index in [0.717, 1.165) is 11.3 Å². The molecule has 1 aromatic rings. The summed E-state index contributed by atoms with van der Waals surface area (Å²) in [6, 6.07) is 7.51. The SMILES string of the molecule is COc1ccccc1C#CC(C)CCOC(=O)O. The van der Waals surface area contributed by atoms with Crippen molar-refractivity contribution in [3.05, 3.63) is 29.8 Å². The fourth-order valence-electron chi connectivity index (χ4n) is 1.34. The molecule has 1 atom stereocenters. The highest BCUT2D eigenvalue weighted by Crippen LogP contribution is 2.15. The lowest BCUT2D eigenvalue weighted by Crippen LogP contribution is -2.05. The molecular formula is C14H16O4. The third-order valence-electron chi connectivity index (χ3n) is 2.34. The van der Waals surface area contributed by atoms with Crippen LogP contribution in [0, 0.1) is 17.8 Å². The number of ether oxygens (including phenoxy) is 2. The van der Waals surface area contributed by atoms with Gasteiger partial charge in [0.05, 0.1) is 19.3 Å². The summed E-state index contributed by atoms with van der Waals surface area (Å²) < 4.78 is 9.62. The van der Waals surface area contributed by atoms with Gasteiger partial charge in [-0.2, -0.15) is 0 Å². The molecule has 0 radical (unpaired) electrons. The Kier molecular flexibility index (Phi) is 5.59. The average Bonchev–Trinajstić information content (AvgIpc) is 2.36. The summed E-state index contributed by atoms with van der Waals surface area (Å²) in [5.74, 6) is 6.87. The molecular weight excluding hydrogens is 232 g/mol. The summed E-state index contributed by atoms with van der Waals surface area (Å²) in [7, 11) is 1.60. The van der Waals surface area contributed by atoms with E-state index in [2.05, 4.69) is 16.6 Å². The maximum Gasteiger partial charge on any atom is 0.505 e. The second-order valence-electron chi connectivity index (χ2n) is 3.77. The third-order valence-corrected chi connectivity index (χ3v) is 2.34. The van der Waals surface area contributed by atoms with Gasteiger partial charge in [-0.05, 0) is 18.6 Å². The van der Waals surface area contributed by atoms with E-state index in [0.29, 0.717) is 6.42 Å². The van der Waals surface area contributed by atoms with Gasteiger partial charge in [0.2, 0.25) is 0 Å². The summed E-state index contributed by atoms with van der Waals surface area (Å²) in [5.41, 5.74) is 0.825. The van der Waals surface area contributed by atoms with Crippen molar-refractivity contribution in [1.29, 1.82) is 0 Å². The van der Waals surface area contributed by atoms with Gasteiger partial charge >= 0.3 is 6.16 Å². The molecule has 0 aliphatic heterocycles. The van der Waals surface area contributed by atoms with Crippen LogP contribution in [0.2, 0.25) is 0 Å². The van der Waals surface area contributed by atoms with E-state index < -0.39 is 6.16 Å². The van der Waals surface area contributed by atoms with Gasteiger partial charge in [-0.1, -0.05) is 30.9 Å². The molecule has 0 bridgehead atoms. The Morgan fingerprint density at radius 3 is 2.83 bits per heavy atom. The number of benzene rings is 1. The van der Waals surface area contributed by atoms with Crippen LogP contribution in [0.15, 0.2) is 24.3 Å². The molecule has 18 heavy (non-hydrogen) atoms. The van der Waals surface area contributed by atoms with Crippen LogP contribution in [0.1, 0.15) is 18.9 Å². The molecule has 0 aromatic heterocycles. The molecule has 4 nitrogen and oxygen atoms in total. The largest absolute Gasteiger partial charge is 0.505 e. The molecule has 0 saturated carbocycles. The van der Waals surface area contributed by atoms with Crippen LogP contribution in [0.5, 0.6) is 5.75 Å². The van der Waals surface area contributed by atoms with E-state index in [1.807, 2.05) is 31.2 Å². The third kappa shape index (κ3) is 4.79. The molecule has 1 rings (SSSR count). The maximum absolute atomic E-state index is 10.2. The molecule has 0 spiro atoms. The predicted molar refractivity (Wildman–Crippen MR) is 67.6 cm³/mol. The monoisotopic (exact) mass is 248 g/mol. The zero-order chi connectivity index (χ0) is 13.4. The molecule has 1 N–H and O–H groups in total. The quantitative estimate of drug-likeness (QED) is 0.657. The minimum Gasteiger partial charge on any atom is -0.495 e. The van der Waals surface area contributed by atoms with Crippen LogP contribution >= 0.6 is 0 Å². The lowest BCUT2D eigenvalue weighted by molar-refractivity contribution is 0.0887. The second kappa shape index (κ2) is 7.23. The van der Waals surface area contributed by atoms with E-state index in [9.17, 15) is 4.79 Å². The fraction of sp³-hybridized carbons (Fsp3) is 0.357. The first-order valence-corrected chi connectivity index (χ1v) is 5.63. The number of hydrogen-bond acceptors (Lipinski definition) is 3. The van der Waals surface area contributed by atoms with Crippen LogP contribution in [0.25, 0.3) is 0 Å². The van der Waals surface area contributed by atoms with E-state index >= 15 is 0 Å². The van der Waals surface area contributed by atoms with Crippen molar-refractivity contribution in [1.82, 2.24) is 0 Å². The van der Waals surface area contributed by atoms with Crippen LogP contribution in [0.4, 0.5) is 4.79 Å². The van der Waals surface area contributed by atoms with Crippen molar-refractivity contribution < 1.29 is 19.4 Å². The van der Waals surface area contributed by atoms with Gasteiger partial charge in [-0.15, -0.1) is 0 Å². The van der Waals surface area contributed by atoms with Gasteiger partial charge in [0.1, 0.15) is 5.75 Å². The second-order valence-corrected chi connectivity index (χ2v) is 3.77. The Morgan fingerprint density at radius 2 is 2.17 bits per heavy atom. The fourth-order valence-corrected chi connectivity index (χ4v) is 1.34. The smallest absolute Gasteiger partial charge is 0.495 e. The molecule has 1 unspecified atom stereocenters. The minimum absolute atomic E-state index is 0.0641. The van der Waals surface area contributed by atoms with Gasteiger partial charge in [0.25, 0.3) is 0 Å². The number of carbonyl (C=O) groups is 1. The number of para-hydroxylation sites is 1. The highest BCUT2D eigenvalue weighted by Gasteiger charge is 2.01. The molecule has 96 valence electrons. The van der Waals surface area contributed by atoms with Crippen molar-refractivity contribution in [2.45, 2.75) is 13.3 Å². The Hall–Kier alpha value is -2.15. The van der Waals surface area contributed by atoms with E-state index in [4.69, 9.17) is 9.84 Å². The predicted octanol–water partition coefficient (Wildman–Crippen LogP) is 2.77. The lowest BCUT2D eigenvalue weighted by atomic mass is 10.1. The average molecular weight is 248 g/mol. The standard InChI is InChI=1S/C14H16O4/c1-11(9-10-18-14(15)16)7-8-12-5-3-4-6-13(12)17-2/h3-6,11H,9-10H2,1-2H3,(H,15,16). The molecule has 1 aromatic carbocycles. The number of carboxylic acid groups (broad SMARTS) is 1. The van der Waals surface area contributed by atoms with E-state index in [-0.39, 0.29) is 12.5 Å². The van der Waals surface area contributed by atoms with Gasteiger partial charge in [-0.25, -0.2) is 4.79 Å². The van der Waals surface area contributed by atoms with Gasteiger partial charge in [-0.3, -0.25) is 0 Å². The topological polar surface area (TPSA) is 55.8 Å². The molecule has 0 amide bonds. The van der Waals surface area contributed by atoms with Crippen molar-refractivity contribution in [3.8, 4) is 17.6 Å². The minimum atomic E-state index is -1.25. The highest BCUT2D eigenvalue weighted by atomic mass is 16.7. The molecule has 0 saturated heterocycles. The van der Waals surface area contributed by atoms with E-state index in [1.165, 1.54) is 0 Å². The number of rotatable bonds is 4. The van der Waals surface area contributed by atoms with Crippen LogP contribution in [-0.4, -0.2) is 25.0 Å². The number of hydrogen-bond donors (Lipinski definition) is 1. The van der Waals surface area contributed by atoms with Gasteiger partial charge in [0, 0.05) is 5.92 Å². The summed E-state index contributed by atoms with van der Waals surface area (Å²) in [6.07, 6.45) is -0.672. The van der Waals surface area contributed by atoms with Crippen molar-refractivity contribution in [2.24, 2.45) is 5.92 Å². The Labute approximate surface area is 107 Å². The Balaban J connectivity index is 2.56. The first kappa shape index (κ1) is 13.9. The van der Waals surface area contributed by atoms with Gasteiger partial charge < -0.3 is 14.6 Å². The van der Waals surface area contributed by atoms with Crippen LogP contribution in [-0.2, 0) is 4.74 Å². The summed E-state index contributed by atoms with van der Waals surface area (Å²) in [4.78, 5) is 10.2. The first-order chi connectivity index (χ1) is 8.63. The maximum atomic E-state index is 10.2. The first-order valence-electron chi connectivity index (χ1n) is 5.63.